The summed E-state index contributed by atoms with van der Waals surface area (Å²) in [7, 11) is 0. The molecule has 1 saturated heterocycles. The van der Waals surface area contributed by atoms with Gasteiger partial charge in [0.15, 0.2) is 0 Å². The normalized spacial score (nSPS) is 17.9. The summed E-state index contributed by atoms with van der Waals surface area (Å²) in [6.07, 6.45) is 2.50. The van der Waals surface area contributed by atoms with Crippen LogP contribution in [0.1, 0.15) is 24.1 Å². The molecule has 1 fully saturated rings. The van der Waals surface area contributed by atoms with Crippen LogP contribution in [0.2, 0.25) is 0 Å². The van der Waals surface area contributed by atoms with Crippen molar-refractivity contribution in [1.82, 2.24) is 4.90 Å². The molecule has 2 heterocycles. The maximum Gasteiger partial charge on any atom is 0.146 e. The molecular weight excluding hydrogens is 337 g/mol. The van der Waals surface area contributed by atoms with E-state index in [0.29, 0.717) is 12.2 Å². The number of nitrogens with zero attached hydrogens (tertiary/aromatic N) is 2. The summed E-state index contributed by atoms with van der Waals surface area (Å²) >= 11 is 1.67. The number of piperidine rings is 1. The van der Waals surface area contributed by atoms with Crippen LogP contribution in [0, 0.1) is 24.1 Å². The highest BCUT2D eigenvalue weighted by Gasteiger charge is 2.22. The molecule has 3 rings (SSSR count). The predicted octanol–water partition coefficient (Wildman–Crippen LogP) is 4.70. The number of likely N-dealkylation sites (tertiary alicyclic amines) is 1. The molecule has 1 aromatic heterocycles. The molecule has 1 aliphatic heterocycles. The van der Waals surface area contributed by atoms with E-state index < -0.39 is 0 Å². The van der Waals surface area contributed by atoms with Gasteiger partial charge < -0.3 is 10.1 Å². The van der Waals surface area contributed by atoms with Gasteiger partial charge in [0.1, 0.15) is 17.7 Å². The van der Waals surface area contributed by atoms with Gasteiger partial charge in [0.05, 0.1) is 17.4 Å². The van der Waals surface area contributed by atoms with E-state index in [-0.39, 0.29) is 11.9 Å². The molecule has 25 heavy (non-hydrogen) atoms. The summed E-state index contributed by atoms with van der Waals surface area (Å²) in [6, 6.07) is 8.80. The summed E-state index contributed by atoms with van der Waals surface area (Å²) in [4.78, 5) is 3.42. The van der Waals surface area contributed by atoms with Crippen LogP contribution >= 0.6 is 11.3 Å². The Morgan fingerprint density at radius 2 is 2.28 bits per heavy atom. The lowest BCUT2D eigenvalue weighted by Gasteiger charge is -2.32. The maximum atomic E-state index is 13.8. The van der Waals surface area contributed by atoms with Crippen molar-refractivity contribution in [2.24, 2.45) is 0 Å². The smallest absolute Gasteiger partial charge is 0.146 e. The molecule has 0 saturated carbocycles. The number of benzene rings is 1. The molecule has 132 valence electrons. The Bertz CT molecular complexity index is 755. The van der Waals surface area contributed by atoms with Crippen molar-refractivity contribution in [3.8, 4) is 11.8 Å². The van der Waals surface area contributed by atoms with Crippen molar-refractivity contribution in [1.29, 1.82) is 5.26 Å². The number of thiophene rings is 1. The third-order valence-corrected chi connectivity index (χ3v) is 5.21. The second-order valence-corrected chi connectivity index (χ2v) is 7.37. The second kappa shape index (κ2) is 8.32. The zero-order chi connectivity index (χ0) is 17.6. The molecule has 1 aliphatic rings. The number of halogens is 1. The third-order valence-electron chi connectivity index (χ3n) is 4.37. The van der Waals surface area contributed by atoms with Crippen LogP contribution in [-0.4, -0.2) is 30.6 Å². The van der Waals surface area contributed by atoms with E-state index >= 15 is 0 Å². The number of nitriles is 1. The fourth-order valence-electron chi connectivity index (χ4n) is 3.06. The molecule has 2 aromatic rings. The topological polar surface area (TPSA) is 48.3 Å². The summed E-state index contributed by atoms with van der Waals surface area (Å²) in [6.45, 7) is 4.57. The van der Waals surface area contributed by atoms with Gasteiger partial charge >= 0.3 is 0 Å². The molecule has 1 N–H and O–H groups in total. The molecule has 0 bridgehead atoms. The van der Waals surface area contributed by atoms with Gasteiger partial charge in [-0.15, -0.1) is 11.3 Å². The van der Waals surface area contributed by atoms with Gasteiger partial charge in [-0.1, -0.05) is 0 Å². The molecule has 4 nitrogen and oxygen atoms in total. The molecule has 6 heteroatoms. The first-order chi connectivity index (χ1) is 12.2. The van der Waals surface area contributed by atoms with Crippen molar-refractivity contribution >= 4 is 22.7 Å². The number of hydrogen-bond acceptors (Lipinski definition) is 5. The fourth-order valence-corrected chi connectivity index (χ4v) is 3.71. The second-order valence-electron chi connectivity index (χ2n) is 6.25. The first kappa shape index (κ1) is 17.7. The average Bonchev–Trinajstić information content (AvgIpc) is 3.01. The molecule has 0 unspecified atom stereocenters. The van der Waals surface area contributed by atoms with E-state index in [1.54, 1.807) is 17.4 Å². The largest absolute Gasteiger partial charge is 0.487 e. The van der Waals surface area contributed by atoms with Crippen LogP contribution in [0.4, 0.5) is 15.8 Å². The van der Waals surface area contributed by atoms with Gasteiger partial charge in [0.2, 0.25) is 0 Å². The molecule has 0 radical (unpaired) electrons. The van der Waals surface area contributed by atoms with Gasteiger partial charge in [-0.25, -0.2) is 4.39 Å². The Balaban J connectivity index is 1.72. The van der Waals surface area contributed by atoms with Gasteiger partial charge in [-0.2, -0.15) is 5.26 Å². The Morgan fingerprint density at radius 3 is 3.04 bits per heavy atom. The van der Waals surface area contributed by atoms with E-state index in [2.05, 4.69) is 16.3 Å². The Kier molecular flexibility index (Phi) is 5.90. The Morgan fingerprint density at radius 1 is 1.40 bits per heavy atom. The lowest BCUT2D eigenvalue weighted by Crippen LogP contribution is -2.41. The zero-order valence-electron chi connectivity index (χ0n) is 14.3. The maximum absolute atomic E-state index is 13.8. The van der Waals surface area contributed by atoms with Crippen LogP contribution in [0.25, 0.3) is 0 Å². The van der Waals surface area contributed by atoms with Gasteiger partial charge in [-0.3, -0.25) is 4.90 Å². The Labute approximate surface area is 151 Å². The highest BCUT2D eigenvalue weighted by atomic mass is 32.1. The summed E-state index contributed by atoms with van der Waals surface area (Å²) < 4.78 is 19.9. The van der Waals surface area contributed by atoms with Gasteiger partial charge in [0, 0.05) is 30.5 Å². The number of anilines is 2. The zero-order valence-corrected chi connectivity index (χ0v) is 15.1. The molecule has 0 spiro atoms. The number of nitrogens with one attached hydrogen (secondary N) is 1. The predicted molar refractivity (Wildman–Crippen MR) is 99.1 cm³/mol. The van der Waals surface area contributed by atoms with Crippen molar-refractivity contribution in [2.75, 3.05) is 25.0 Å². The van der Waals surface area contributed by atoms with Crippen LogP contribution in [0.15, 0.2) is 29.6 Å². The van der Waals surface area contributed by atoms with Crippen molar-refractivity contribution in [3.05, 3.63) is 40.3 Å². The van der Waals surface area contributed by atoms with E-state index in [0.717, 1.165) is 43.9 Å². The van der Waals surface area contributed by atoms with Crippen LogP contribution < -0.4 is 10.1 Å². The quantitative estimate of drug-likeness (QED) is 0.812. The first-order valence-corrected chi connectivity index (χ1v) is 9.40. The van der Waals surface area contributed by atoms with Crippen LogP contribution in [0.5, 0.6) is 5.75 Å². The monoisotopic (exact) mass is 359 g/mol. The highest BCUT2D eigenvalue weighted by molar-refractivity contribution is 7.10. The van der Waals surface area contributed by atoms with Gasteiger partial charge in [-0.05, 0) is 49.9 Å². The first-order valence-electron chi connectivity index (χ1n) is 8.52. The number of ether oxygens (including phenoxy) is 1. The van der Waals surface area contributed by atoms with E-state index in [9.17, 15) is 4.39 Å². The molecule has 0 aliphatic carbocycles. The van der Waals surface area contributed by atoms with E-state index in [1.165, 1.54) is 17.0 Å². The summed E-state index contributed by atoms with van der Waals surface area (Å²) in [5, 5.41) is 14.1. The minimum atomic E-state index is -0.306. The third kappa shape index (κ3) is 4.71. The molecule has 1 aromatic carbocycles. The van der Waals surface area contributed by atoms with Crippen molar-refractivity contribution in [3.63, 3.8) is 0 Å². The Hall–Kier alpha value is -2.10. The summed E-state index contributed by atoms with van der Waals surface area (Å²) in [5.74, 6) is 0.234. The number of aryl methyl sites for hydroxylation is 1. The standard InChI is InChI=1S/C19H22FN3OS/c1-14-17(7-11-25-14)22-18-6-5-15(20)12-19(18)24-16-4-2-9-23(13-16)10-3-8-21/h5-7,11-12,16,22H,2-4,9-10,13H2,1H3/t16-/m1/s1. The lowest BCUT2D eigenvalue weighted by atomic mass is 10.1. The van der Waals surface area contributed by atoms with E-state index in [4.69, 9.17) is 10.00 Å². The van der Waals surface area contributed by atoms with Crippen molar-refractivity contribution < 1.29 is 9.13 Å². The van der Waals surface area contributed by atoms with Gasteiger partial charge in [0.25, 0.3) is 0 Å². The van der Waals surface area contributed by atoms with Crippen LogP contribution in [-0.2, 0) is 0 Å². The number of hydrogen-bond donors (Lipinski definition) is 1. The molecule has 1 atom stereocenters. The molecule has 0 amide bonds. The minimum Gasteiger partial charge on any atom is -0.487 e. The fraction of sp³-hybridized carbons (Fsp3) is 0.421. The summed E-state index contributed by atoms with van der Waals surface area (Å²) in [5.41, 5.74) is 1.79. The van der Waals surface area contributed by atoms with Crippen molar-refractivity contribution in [2.45, 2.75) is 32.3 Å². The highest BCUT2D eigenvalue weighted by Crippen LogP contribution is 2.33. The minimum absolute atomic E-state index is 0.0124. The van der Waals surface area contributed by atoms with E-state index in [1.807, 2.05) is 18.4 Å². The molecular formula is C19H22FN3OS. The SMILES string of the molecule is Cc1sccc1Nc1ccc(F)cc1O[C@@H]1CCCN(CCC#N)C1. The lowest BCUT2D eigenvalue weighted by molar-refractivity contribution is 0.0902. The average molecular weight is 359 g/mol. The number of rotatable bonds is 6. The van der Waals surface area contributed by atoms with Crippen LogP contribution in [0.3, 0.4) is 0 Å².